The molecule has 0 bridgehead atoms. The van der Waals surface area contributed by atoms with Gasteiger partial charge in [-0.25, -0.2) is 4.39 Å². The maximum atomic E-state index is 13.4. The average Bonchev–Trinajstić information content (AvgIpc) is 2.78. The normalized spacial score (nSPS) is 16.4. The van der Waals surface area contributed by atoms with E-state index in [1.807, 2.05) is 23.1 Å². The first-order chi connectivity index (χ1) is 15.0. The first-order valence-electron chi connectivity index (χ1n) is 10.6. The molecule has 31 heavy (non-hydrogen) atoms. The van der Waals surface area contributed by atoms with Gasteiger partial charge in [-0.15, -0.1) is 0 Å². The number of benzene rings is 2. The number of carbonyl (C=O) groups excluding carboxylic acids is 2. The number of rotatable bonds is 3. The van der Waals surface area contributed by atoms with E-state index in [9.17, 15) is 19.2 Å². The van der Waals surface area contributed by atoms with Crippen molar-refractivity contribution < 1.29 is 14.0 Å². The molecular formula is C24H25FN4O2. The van der Waals surface area contributed by atoms with E-state index in [4.69, 9.17) is 0 Å². The molecule has 7 heteroatoms. The SMILES string of the molecule is CC(=O)Nc1cccc2c1CCN(C(=O)C1CCN(c3ccc(F)cc3C#N)CC1)C2. The summed E-state index contributed by atoms with van der Waals surface area (Å²) in [7, 11) is 0. The molecule has 2 heterocycles. The summed E-state index contributed by atoms with van der Waals surface area (Å²) >= 11 is 0. The maximum Gasteiger partial charge on any atom is 0.226 e. The lowest BCUT2D eigenvalue weighted by molar-refractivity contribution is -0.137. The number of carbonyl (C=O) groups is 2. The van der Waals surface area contributed by atoms with Gasteiger partial charge in [0, 0.05) is 44.7 Å². The topological polar surface area (TPSA) is 76.4 Å². The van der Waals surface area contributed by atoms with Crippen LogP contribution in [0, 0.1) is 23.1 Å². The molecule has 0 atom stereocenters. The molecule has 0 spiro atoms. The van der Waals surface area contributed by atoms with Gasteiger partial charge in [-0.3, -0.25) is 9.59 Å². The van der Waals surface area contributed by atoms with Gasteiger partial charge < -0.3 is 15.1 Å². The lowest BCUT2D eigenvalue weighted by atomic mass is 9.92. The summed E-state index contributed by atoms with van der Waals surface area (Å²) in [6, 6.07) is 12.2. The van der Waals surface area contributed by atoms with Crippen LogP contribution in [0.1, 0.15) is 36.5 Å². The Hall–Kier alpha value is -3.40. The number of nitrogens with zero attached hydrogens (tertiary/aromatic N) is 3. The molecule has 4 rings (SSSR count). The second-order valence-electron chi connectivity index (χ2n) is 8.17. The van der Waals surface area contributed by atoms with Crippen LogP contribution in [0.4, 0.5) is 15.8 Å². The van der Waals surface area contributed by atoms with Crippen LogP contribution in [0.25, 0.3) is 0 Å². The maximum absolute atomic E-state index is 13.4. The van der Waals surface area contributed by atoms with Crippen molar-refractivity contribution in [1.29, 1.82) is 5.26 Å². The molecule has 2 aliphatic rings. The van der Waals surface area contributed by atoms with E-state index in [0.29, 0.717) is 44.6 Å². The Morgan fingerprint density at radius 2 is 1.94 bits per heavy atom. The van der Waals surface area contributed by atoms with Gasteiger partial charge in [0.05, 0.1) is 11.3 Å². The summed E-state index contributed by atoms with van der Waals surface area (Å²) in [5.41, 5.74) is 4.07. The Morgan fingerprint density at radius 3 is 2.65 bits per heavy atom. The van der Waals surface area contributed by atoms with Crippen LogP contribution in [0.5, 0.6) is 0 Å². The predicted octanol–water partition coefficient (Wildman–Crippen LogP) is 3.46. The molecular weight excluding hydrogens is 395 g/mol. The number of piperidine rings is 1. The fraction of sp³-hybridized carbons (Fsp3) is 0.375. The van der Waals surface area contributed by atoms with E-state index in [2.05, 4.69) is 16.3 Å². The highest BCUT2D eigenvalue weighted by atomic mass is 19.1. The Kier molecular flexibility index (Phi) is 5.90. The van der Waals surface area contributed by atoms with Crippen LogP contribution in [-0.4, -0.2) is 36.3 Å². The molecule has 0 aromatic heterocycles. The van der Waals surface area contributed by atoms with Crippen LogP contribution < -0.4 is 10.2 Å². The molecule has 2 amide bonds. The summed E-state index contributed by atoms with van der Waals surface area (Å²) in [4.78, 5) is 28.6. The van der Waals surface area contributed by atoms with Gasteiger partial charge in [-0.1, -0.05) is 12.1 Å². The highest BCUT2D eigenvalue weighted by Crippen LogP contribution is 2.31. The molecule has 0 unspecified atom stereocenters. The molecule has 2 aliphatic heterocycles. The van der Waals surface area contributed by atoms with Gasteiger partial charge in [0.15, 0.2) is 0 Å². The third kappa shape index (κ3) is 4.38. The van der Waals surface area contributed by atoms with Crippen molar-refractivity contribution in [2.75, 3.05) is 29.9 Å². The second-order valence-corrected chi connectivity index (χ2v) is 8.17. The Bertz CT molecular complexity index is 1050. The smallest absolute Gasteiger partial charge is 0.226 e. The minimum absolute atomic E-state index is 0.0534. The largest absolute Gasteiger partial charge is 0.370 e. The summed E-state index contributed by atoms with van der Waals surface area (Å²) in [6.07, 6.45) is 2.13. The van der Waals surface area contributed by atoms with Gasteiger partial charge in [-0.05, 0) is 54.7 Å². The summed E-state index contributed by atoms with van der Waals surface area (Å²) < 4.78 is 13.4. The Morgan fingerprint density at radius 1 is 1.16 bits per heavy atom. The molecule has 0 aliphatic carbocycles. The second kappa shape index (κ2) is 8.76. The van der Waals surface area contributed by atoms with Crippen molar-refractivity contribution in [3.63, 3.8) is 0 Å². The predicted molar refractivity (Wildman–Crippen MR) is 116 cm³/mol. The third-order valence-corrected chi connectivity index (χ3v) is 6.15. The van der Waals surface area contributed by atoms with Gasteiger partial charge in [0.25, 0.3) is 0 Å². The Labute approximate surface area is 181 Å². The molecule has 0 saturated carbocycles. The first kappa shape index (κ1) is 20.9. The molecule has 2 aromatic rings. The van der Waals surface area contributed by atoms with Crippen molar-refractivity contribution in [3.8, 4) is 6.07 Å². The zero-order valence-electron chi connectivity index (χ0n) is 17.5. The molecule has 6 nitrogen and oxygen atoms in total. The highest BCUT2D eigenvalue weighted by Gasteiger charge is 2.31. The van der Waals surface area contributed by atoms with E-state index >= 15 is 0 Å². The van der Waals surface area contributed by atoms with Crippen LogP contribution >= 0.6 is 0 Å². The van der Waals surface area contributed by atoms with Crippen LogP contribution in [0.3, 0.4) is 0 Å². The van der Waals surface area contributed by atoms with Gasteiger partial charge in [0.1, 0.15) is 11.9 Å². The van der Waals surface area contributed by atoms with Crippen molar-refractivity contribution >= 4 is 23.2 Å². The number of amides is 2. The van der Waals surface area contributed by atoms with E-state index in [-0.39, 0.29) is 17.7 Å². The van der Waals surface area contributed by atoms with Crippen molar-refractivity contribution in [2.24, 2.45) is 5.92 Å². The van der Waals surface area contributed by atoms with Crippen molar-refractivity contribution in [2.45, 2.75) is 32.7 Å². The zero-order valence-corrected chi connectivity index (χ0v) is 17.5. The van der Waals surface area contributed by atoms with E-state index in [1.165, 1.54) is 19.1 Å². The molecule has 2 aromatic carbocycles. The standard InChI is InChI=1S/C24H25FN4O2/c1-16(30)27-22-4-2-3-18-15-29(12-9-21(18)22)24(31)17-7-10-28(11-8-17)23-6-5-20(25)13-19(23)14-26/h2-6,13,17H,7-12,15H2,1H3,(H,27,30). The third-order valence-electron chi connectivity index (χ3n) is 6.15. The molecule has 1 fully saturated rings. The zero-order chi connectivity index (χ0) is 22.0. The molecule has 1 saturated heterocycles. The number of hydrogen-bond donors (Lipinski definition) is 1. The molecule has 0 radical (unpaired) electrons. The number of anilines is 2. The number of hydrogen-bond acceptors (Lipinski definition) is 4. The number of fused-ring (bicyclic) bond motifs is 1. The van der Waals surface area contributed by atoms with Gasteiger partial charge in [0.2, 0.25) is 11.8 Å². The van der Waals surface area contributed by atoms with E-state index in [0.717, 1.165) is 28.9 Å². The minimum Gasteiger partial charge on any atom is -0.370 e. The van der Waals surface area contributed by atoms with Crippen molar-refractivity contribution in [1.82, 2.24) is 4.90 Å². The fourth-order valence-corrected chi connectivity index (χ4v) is 4.60. The lowest BCUT2D eigenvalue weighted by Crippen LogP contribution is -2.44. The fourth-order valence-electron chi connectivity index (χ4n) is 4.60. The summed E-state index contributed by atoms with van der Waals surface area (Å²) in [6.45, 7) is 4.01. The van der Waals surface area contributed by atoms with Gasteiger partial charge >= 0.3 is 0 Å². The highest BCUT2D eigenvalue weighted by molar-refractivity contribution is 5.90. The van der Waals surface area contributed by atoms with Crippen molar-refractivity contribution in [3.05, 3.63) is 58.9 Å². The minimum atomic E-state index is -0.419. The van der Waals surface area contributed by atoms with Gasteiger partial charge in [-0.2, -0.15) is 5.26 Å². The van der Waals surface area contributed by atoms with Crippen LogP contribution in [-0.2, 0) is 22.6 Å². The number of nitriles is 1. The first-order valence-corrected chi connectivity index (χ1v) is 10.6. The monoisotopic (exact) mass is 420 g/mol. The van der Waals surface area contributed by atoms with Crippen LogP contribution in [0.2, 0.25) is 0 Å². The molecule has 1 N–H and O–H groups in total. The Balaban J connectivity index is 1.40. The van der Waals surface area contributed by atoms with Crippen LogP contribution in [0.15, 0.2) is 36.4 Å². The van der Waals surface area contributed by atoms with E-state index < -0.39 is 5.82 Å². The quantitative estimate of drug-likeness (QED) is 0.825. The summed E-state index contributed by atoms with van der Waals surface area (Å²) in [5, 5.41) is 12.2. The number of nitrogens with one attached hydrogen (secondary N) is 1. The average molecular weight is 420 g/mol. The summed E-state index contributed by atoms with van der Waals surface area (Å²) in [5.74, 6) is -0.408. The van der Waals surface area contributed by atoms with E-state index in [1.54, 1.807) is 6.07 Å². The lowest BCUT2D eigenvalue weighted by Gasteiger charge is -2.37. The number of halogens is 1. The molecule has 160 valence electrons.